The molecule has 26 heavy (non-hydrogen) atoms. The molecule has 0 spiro atoms. The molecule has 0 aliphatic rings. The lowest BCUT2D eigenvalue weighted by Crippen LogP contribution is -2.16. The van der Waals surface area contributed by atoms with Gasteiger partial charge in [0.1, 0.15) is 18.1 Å². The van der Waals surface area contributed by atoms with Crippen LogP contribution in [-0.4, -0.2) is 12.1 Å². The van der Waals surface area contributed by atoms with E-state index in [-0.39, 0.29) is 17.5 Å². The van der Waals surface area contributed by atoms with Gasteiger partial charge in [0.25, 0.3) is 0 Å². The molecule has 0 aliphatic heterocycles. The Balaban J connectivity index is 1.56. The number of nitrogens with zero attached hydrogens (tertiary/aromatic N) is 1. The maximum Gasteiger partial charge on any atom is 0.307 e. The van der Waals surface area contributed by atoms with E-state index >= 15 is 0 Å². The molecule has 1 aromatic carbocycles. The third kappa shape index (κ3) is 4.37. The van der Waals surface area contributed by atoms with Crippen LogP contribution < -0.4 is 10.2 Å². The summed E-state index contributed by atoms with van der Waals surface area (Å²) in [5.41, 5.74) is 4.55. The summed E-state index contributed by atoms with van der Waals surface area (Å²) < 4.78 is 24.1. The second-order valence-corrected chi connectivity index (χ2v) is 6.66. The van der Waals surface area contributed by atoms with Crippen LogP contribution in [-0.2, 0) is 6.61 Å². The summed E-state index contributed by atoms with van der Waals surface area (Å²) in [5.74, 6) is 0.941. The number of rotatable bonds is 6. The van der Waals surface area contributed by atoms with Gasteiger partial charge in [0.05, 0.1) is 11.1 Å². The fourth-order valence-corrected chi connectivity index (χ4v) is 2.82. The van der Waals surface area contributed by atoms with Crippen molar-refractivity contribution in [3.05, 3.63) is 75.1 Å². The van der Waals surface area contributed by atoms with Crippen molar-refractivity contribution in [2.24, 2.45) is 5.10 Å². The molecule has 0 fully saturated rings. The number of carbonyl (C=O) groups is 1. The highest BCUT2D eigenvalue weighted by molar-refractivity contribution is 7.12. The van der Waals surface area contributed by atoms with Crippen molar-refractivity contribution in [1.82, 2.24) is 5.43 Å². The lowest BCUT2D eigenvalue weighted by molar-refractivity contribution is 0.0923. The molecule has 0 aliphatic carbocycles. The number of hydrogen-bond donors (Lipinski definition) is 1. The minimum Gasteiger partial charge on any atom is -0.485 e. The van der Waals surface area contributed by atoms with Gasteiger partial charge in [-0.1, -0.05) is 12.1 Å². The van der Waals surface area contributed by atoms with Gasteiger partial charge in [0, 0.05) is 0 Å². The first-order valence-corrected chi connectivity index (χ1v) is 8.71. The van der Waals surface area contributed by atoms with Gasteiger partial charge in [-0.25, -0.2) is 5.43 Å². The van der Waals surface area contributed by atoms with Crippen LogP contribution in [0.4, 0.5) is 4.39 Å². The Labute approximate surface area is 154 Å². The highest BCUT2D eigenvalue weighted by atomic mass is 32.1. The van der Waals surface area contributed by atoms with Gasteiger partial charge >= 0.3 is 5.91 Å². The van der Waals surface area contributed by atoms with E-state index in [0.29, 0.717) is 10.6 Å². The molecule has 0 radical (unpaired) electrons. The van der Waals surface area contributed by atoms with Crippen LogP contribution in [0.3, 0.4) is 0 Å². The van der Waals surface area contributed by atoms with Gasteiger partial charge in [0.2, 0.25) is 0 Å². The van der Waals surface area contributed by atoms with Gasteiger partial charge in [-0.15, -0.1) is 11.3 Å². The van der Waals surface area contributed by atoms with E-state index in [1.165, 1.54) is 12.3 Å². The standard InChI is InChI=1S/C19H17FN2O3S/c1-12-4-3-5-16(13(12)2)24-11-14-6-8-17(25-14)19(23)22-21-10-15-7-9-18(20)26-15/h3-10H,11H2,1-2H3,(H,22,23). The number of halogens is 1. The predicted molar refractivity (Wildman–Crippen MR) is 98.3 cm³/mol. The Morgan fingerprint density at radius 3 is 2.88 bits per heavy atom. The SMILES string of the molecule is Cc1cccc(OCc2ccc(C(=O)NN=Cc3ccc(F)s3)o2)c1C. The zero-order valence-corrected chi connectivity index (χ0v) is 15.1. The van der Waals surface area contributed by atoms with Crippen molar-refractivity contribution < 1.29 is 18.3 Å². The Kier molecular flexibility index (Phi) is 5.48. The monoisotopic (exact) mass is 372 g/mol. The molecule has 0 unspecified atom stereocenters. The summed E-state index contributed by atoms with van der Waals surface area (Å²) >= 11 is 0.939. The second-order valence-electron chi connectivity index (χ2n) is 5.59. The van der Waals surface area contributed by atoms with E-state index < -0.39 is 5.91 Å². The van der Waals surface area contributed by atoms with E-state index in [2.05, 4.69) is 10.5 Å². The number of carbonyl (C=O) groups excluding carboxylic acids is 1. The van der Waals surface area contributed by atoms with E-state index in [1.54, 1.807) is 18.2 Å². The number of hydrazone groups is 1. The summed E-state index contributed by atoms with van der Waals surface area (Å²) in [6, 6.07) is 12.0. The average Bonchev–Trinajstić information content (AvgIpc) is 3.25. The zero-order chi connectivity index (χ0) is 18.5. The number of hydrogen-bond acceptors (Lipinski definition) is 5. The number of amides is 1. The van der Waals surface area contributed by atoms with Crippen LogP contribution in [0.2, 0.25) is 0 Å². The normalized spacial score (nSPS) is 11.0. The van der Waals surface area contributed by atoms with Crippen molar-refractivity contribution in [2.75, 3.05) is 0 Å². The summed E-state index contributed by atoms with van der Waals surface area (Å²) in [7, 11) is 0. The van der Waals surface area contributed by atoms with Crippen molar-refractivity contribution in [3.8, 4) is 5.75 Å². The summed E-state index contributed by atoms with van der Waals surface area (Å²) in [4.78, 5) is 12.6. The van der Waals surface area contributed by atoms with Crippen LogP contribution in [0.5, 0.6) is 5.75 Å². The highest BCUT2D eigenvalue weighted by Gasteiger charge is 2.11. The second kappa shape index (κ2) is 7.97. The fourth-order valence-electron chi connectivity index (χ4n) is 2.21. The fraction of sp³-hybridized carbons (Fsp3) is 0.158. The van der Waals surface area contributed by atoms with E-state index in [4.69, 9.17) is 9.15 Å². The number of thiophene rings is 1. The lowest BCUT2D eigenvalue weighted by atomic mass is 10.1. The number of ether oxygens (including phenoxy) is 1. The maximum absolute atomic E-state index is 12.9. The molecule has 2 heterocycles. The Morgan fingerprint density at radius 2 is 2.12 bits per heavy atom. The topological polar surface area (TPSA) is 63.8 Å². The first-order valence-electron chi connectivity index (χ1n) is 7.89. The first-order chi connectivity index (χ1) is 12.5. The van der Waals surface area contributed by atoms with Crippen molar-refractivity contribution in [2.45, 2.75) is 20.5 Å². The van der Waals surface area contributed by atoms with Crippen LogP contribution in [0, 0.1) is 19.0 Å². The molecule has 3 rings (SSSR count). The van der Waals surface area contributed by atoms with Gasteiger partial charge in [-0.05, 0) is 55.3 Å². The third-order valence-corrected chi connectivity index (χ3v) is 4.57. The zero-order valence-electron chi connectivity index (χ0n) is 14.3. The smallest absolute Gasteiger partial charge is 0.307 e. The van der Waals surface area contributed by atoms with Crippen LogP contribution in [0.25, 0.3) is 0 Å². The molecule has 0 bridgehead atoms. The van der Waals surface area contributed by atoms with Crippen LogP contribution in [0.1, 0.15) is 32.3 Å². The van der Waals surface area contributed by atoms with Gasteiger partial charge in [-0.2, -0.15) is 9.49 Å². The van der Waals surface area contributed by atoms with Gasteiger partial charge in [-0.3, -0.25) is 4.79 Å². The summed E-state index contributed by atoms with van der Waals surface area (Å²) in [6.07, 6.45) is 1.37. The Bertz CT molecular complexity index is 946. The molecule has 0 saturated heterocycles. The minimum absolute atomic E-state index is 0.124. The van der Waals surface area contributed by atoms with Crippen LogP contribution in [0.15, 0.2) is 52.0 Å². The molecule has 7 heteroatoms. The largest absolute Gasteiger partial charge is 0.485 e. The highest BCUT2D eigenvalue weighted by Crippen LogP contribution is 2.22. The van der Waals surface area contributed by atoms with Crippen molar-refractivity contribution in [3.63, 3.8) is 0 Å². The average molecular weight is 372 g/mol. The number of nitrogens with one attached hydrogen (secondary N) is 1. The lowest BCUT2D eigenvalue weighted by Gasteiger charge is -2.09. The first kappa shape index (κ1) is 17.9. The van der Waals surface area contributed by atoms with Crippen molar-refractivity contribution in [1.29, 1.82) is 0 Å². The predicted octanol–water partition coefficient (Wildman–Crippen LogP) is 4.44. The Morgan fingerprint density at radius 1 is 1.27 bits per heavy atom. The molecule has 134 valence electrons. The van der Waals surface area contributed by atoms with Crippen LogP contribution >= 0.6 is 11.3 Å². The molecule has 0 atom stereocenters. The van der Waals surface area contributed by atoms with Gasteiger partial charge in [0.15, 0.2) is 10.9 Å². The number of aryl methyl sites for hydroxylation is 1. The summed E-state index contributed by atoms with van der Waals surface area (Å²) in [6.45, 7) is 4.22. The molecule has 2 aromatic heterocycles. The van der Waals surface area contributed by atoms with Gasteiger partial charge < -0.3 is 9.15 Å². The molecule has 3 aromatic rings. The third-order valence-electron chi connectivity index (χ3n) is 3.76. The number of benzene rings is 1. The molecule has 0 saturated carbocycles. The van der Waals surface area contributed by atoms with E-state index in [1.807, 2.05) is 32.0 Å². The quantitative estimate of drug-likeness (QED) is 0.514. The van der Waals surface area contributed by atoms with E-state index in [0.717, 1.165) is 28.2 Å². The van der Waals surface area contributed by atoms with Crippen molar-refractivity contribution >= 4 is 23.5 Å². The molecule has 5 nitrogen and oxygen atoms in total. The Hall–Kier alpha value is -2.93. The summed E-state index contributed by atoms with van der Waals surface area (Å²) in [5, 5.41) is 3.48. The maximum atomic E-state index is 12.9. The molecular formula is C19H17FN2O3S. The minimum atomic E-state index is -0.490. The molecule has 1 amide bonds. The van der Waals surface area contributed by atoms with E-state index in [9.17, 15) is 9.18 Å². The molecular weight excluding hydrogens is 355 g/mol. The molecule has 1 N–H and O–H groups in total. The number of furan rings is 1.